The van der Waals surface area contributed by atoms with Crippen molar-refractivity contribution in [1.82, 2.24) is 5.32 Å². The molecule has 1 aromatic carbocycles. The van der Waals surface area contributed by atoms with Crippen LogP contribution in [0.4, 0.5) is 0 Å². The molecule has 0 heterocycles. The van der Waals surface area contributed by atoms with Crippen LogP contribution in [0.2, 0.25) is 0 Å². The van der Waals surface area contributed by atoms with Crippen LogP contribution in [0.15, 0.2) is 30.3 Å². The summed E-state index contributed by atoms with van der Waals surface area (Å²) in [4.78, 5) is 22.8. The molecule has 0 spiro atoms. The highest BCUT2D eigenvalue weighted by molar-refractivity contribution is 5.94. The molecule has 0 saturated heterocycles. The molecule has 1 rings (SSSR count). The van der Waals surface area contributed by atoms with Gasteiger partial charge in [0.15, 0.2) is 0 Å². The van der Waals surface area contributed by atoms with Crippen molar-refractivity contribution < 1.29 is 14.7 Å². The minimum absolute atomic E-state index is 0.206. The number of hydrogen-bond acceptors (Lipinski definition) is 2. The highest BCUT2D eigenvalue weighted by atomic mass is 16.4. The molecule has 2 N–H and O–H groups in total. The Labute approximate surface area is 119 Å². The molecular formula is C16H21NO3. The quantitative estimate of drug-likeness (QED) is 0.784. The van der Waals surface area contributed by atoms with E-state index in [9.17, 15) is 9.59 Å². The highest BCUT2D eigenvalue weighted by Crippen LogP contribution is 2.06. The fraction of sp³-hybridized carbons (Fsp3) is 0.375. The van der Waals surface area contributed by atoms with Crippen molar-refractivity contribution in [3.63, 3.8) is 0 Å². The molecule has 0 saturated carbocycles. The Balaban J connectivity index is 2.61. The first kappa shape index (κ1) is 16.0. The van der Waals surface area contributed by atoms with Crippen molar-refractivity contribution in [3.8, 4) is 0 Å². The van der Waals surface area contributed by atoms with E-state index in [-0.39, 0.29) is 5.92 Å². The summed E-state index contributed by atoms with van der Waals surface area (Å²) < 4.78 is 0. The second-order valence-corrected chi connectivity index (χ2v) is 5.27. The maximum absolute atomic E-state index is 11.7. The van der Waals surface area contributed by atoms with Crippen LogP contribution in [-0.4, -0.2) is 23.0 Å². The van der Waals surface area contributed by atoms with E-state index in [4.69, 9.17) is 5.11 Å². The standard InChI is InChI=1S/C16H21NO3/c1-11(2)10-14(16(19)20)17-15(18)9-8-13-6-4-12(3)5-7-13/h4-9,11,14H,10H2,1-3H3,(H,17,18)(H,19,20)/b9-8+. The van der Waals surface area contributed by atoms with E-state index in [2.05, 4.69) is 5.32 Å². The van der Waals surface area contributed by atoms with Gasteiger partial charge in [-0.05, 0) is 30.9 Å². The highest BCUT2D eigenvalue weighted by Gasteiger charge is 2.19. The lowest BCUT2D eigenvalue weighted by Gasteiger charge is -2.15. The smallest absolute Gasteiger partial charge is 0.326 e. The van der Waals surface area contributed by atoms with Gasteiger partial charge in [0, 0.05) is 6.08 Å². The third-order valence-corrected chi connectivity index (χ3v) is 2.83. The van der Waals surface area contributed by atoms with Crippen LogP contribution in [-0.2, 0) is 9.59 Å². The summed E-state index contributed by atoms with van der Waals surface area (Å²) in [7, 11) is 0. The van der Waals surface area contributed by atoms with Gasteiger partial charge in [0.05, 0.1) is 0 Å². The number of aryl methyl sites for hydroxylation is 1. The topological polar surface area (TPSA) is 66.4 Å². The van der Waals surface area contributed by atoms with Crippen molar-refractivity contribution in [2.24, 2.45) is 5.92 Å². The van der Waals surface area contributed by atoms with Crippen molar-refractivity contribution in [3.05, 3.63) is 41.5 Å². The van der Waals surface area contributed by atoms with Crippen LogP contribution in [0, 0.1) is 12.8 Å². The largest absolute Gasteiger partial charge is 0.480 e. The van der Waals surface area contributed by atoms with Crippen LogP contribution >= 0.6 is 0 Å². The lowest BCUT2D eigenvalue weighted by Crippen LogP contribution is -2.40. The van der Waals surface area contributed by atoms with Crippen molar-refractivity contribution in [2.75, 3.05) is 0 Å². The van der Waals surface area contributed by atoms with Gasteiger partial charge in [0.1, 0.15) is 6.04 Å². The summed E-state index contributed by atoms with van der Waals surface area (Å²) in [6.07, 6.45) is 3.45. The molecule has 0 fully saturated rings. The molecule has 0 radical (unpaired) electrons. The number of carbonyl (C=O) groups is 2. The molecule has 0 aliphatic heterocycles. The van der Waals surface area contributed by atoms with Crippen LogP contribution in [0.25, 0.3) is 6.08 Å². The number of amides is 1. The summed E-state index contributed by atoms with van der Waals surface area (Å²) in [5.41, 5.74) is 2.05. The van der Waals surface area contributed by atoms with E-state index >= 15 is 0 Å². The second-order valence-electron chi connectivity index (χ2n) is 5.27. The van der Waals surface area contributed by atoms with Gasteiger partial charge in [-0.2, -0.15) is 0 Å². The SMILES string of the molecule is Cc1ccc(/C=C/C(=O)NC(CC(C)C)C(=O)O)cc1. The molecule has 0 aliphatic carbocycles. The van der Waals surface area contributed by atoms with E-state index in [1.165, 1.54) is 6.08 Å². The van der Waals surface area contributed by atoms with Gasteiger partial charge in [-0.15, -0.1) is 0 Å². The minimum Gasteiger partial charge on any atom is -0.480 e. The van der Waals surface area contributed by atoms with E-state index < -0.39 is 17.9 Å². The molecule has 20 heavy (non-hydrogen) atoms. The number of nitrogens with one attached hydrogen (secondary N) is 1. The van der Waals surface area contributed by atoms with Crippen molar-refractivity contribution in [2.45, 2.75) is 33.2 Å². The maximum atomic E-state index is 11.7. The molecule has 108 valence electrons. The Kier molecular flexibility index (Phi) is 5.97. The molecule has 0 aliphatic rings. The molecule has 1 unspecified atom stereocenters. The van der Waals surface area contributed by atoms with Crippen LogP contribution in [0.5, 0.6) is 0 Å². The monoisotopic (exact) mass is 275 g/mol. The molecule has 4 nitrogen and oxygen atoms in total. The predicted octanol–water partition coefficient (Wildman–Crippen LogP) is 2.62. The van der Waals surface area contributed by atoms with Gasteiger partial charge in [-0.3, -0.25) is 4.79 Å². The van der Waals surface area contributed by atoms with Gasteiger partial charge in [0.25, 0.3) is 0 Å². The number of rotatable bonds is 6. The summed E-state index contributed by atoms with van der Waals surface area (Å²) in [5.74, 6) is -1.19. The Morgan fingerprint density at radius 2 is 1.85 bits per heavy atom. The summed E-state index contributed by atoms with van der Waals surface area (Å²) in [6.45, 7) is 5.83. The molecule has 0 aromatic heterocycles. The van der Waals surface area contributed by atoms with E-state index in [1.54, 1.807) is 6.08 Å². The van der Waals surface area contributed by atoms with Gasteiger partial charge in [-0.1, -0.05) is 43.7 Å². The summed E-state index contributed by atoms with van der Waals surface area (Å²) in [6, 6.07) is 6.88. The Bertz CT molecular complexity index is 489. The van der Waals surface area contributed by atoms with Gasteiger partial charge in [-0.25, -0.2) is 4.79 Å². The molecular weight excluding hydrogens is 254 g/mol. The zero-order chi connectivity index (χ0) is 15.1. The van der Waals surface area contributed by atoms with Crippen LogP contribution in [0.3, 0.4) is 0 Å². The van der Waals surface area contributed by atoms with Crippen molar-refractivity contribution >= 4 is 18.0 Å². The number of aliphatic carboxylic acids is 1. The average molecular weight is 275 g/mol. The molecule has 1 amide bonds. The first-order chi connectivity index (χ1) is 9.38. The van der Waals surface area contributed by atoms with E-state index in [1.807, 2.05) is 45.0 Å². The molecule has 0 bridgehead atoms. The first-order valence-corrected chi connectivity index (χ1v) is 6.66. The summed E-state index contributed by atoms with van der Waals surface area (Å²) >= 11 is 0. The van der Waals surface area contributed by atoms with E-state index in [0.29, 0.717) is 6.42 Å². The number of carboxylic acid groups (broad SMARTS) is 1. The van der Waals surface area contributed by atoms with Crippen LogP contribution in [0.1, 0.15) is 31.4 Å². The van der Waals surface area contributed by atoms with Gasteiger partial charge < -0.3 is 10.4 Å². The zero-order valence-electron chi connectivity index (χ0n) is 12.1. The molecule has 4 heteroatoms. The number of benzene rings is 1. The molecule has 1 atom stereocenters. The zero-order valence-corrected chi connectivity index (χ0v) is 12.1. The lowest BCUT2D eigenvalue weighted by atomic mass is 10.0. The molecule has 1 aromatic rings. The lowest BCUT2D eigenvalue weighted by molar-refractivity contribution is -0.141. The second kappa shape index (κ2) is 7.48. The Morgan fingerprint density at radius 3 is 2.35 bits per heavy atom. The number of hydrogen-bond donors (Lipinski definition) is 2. The minimum atomic E-state index is -1.00. The van der Waals surface area contributed by atoms with Gasteiger partial charge in [0.2, 0.25) is 5.91 Å². The summed E-state index contributed by atoms with van der Waals surface area (Å²) in [5, 5.41) is 11.6. The Morgan fingerprint density at radius 1 is 1.25 bits per heavy atom. The van der Waals surface area contributed by atoms with Crippen LogP contribution < -0.4 is 5.32 Å². The third kappa shape index (κ3) is 5.69. The number of carboxylic acids is 1. The normalized spacial score (nSPS) is 12.6. The van der Waals surface area contributed by atoms with Crippen molar-refractivity contribution in [1.29, 1.82) is 0 Å². The first-order valence-electron chi connectivity index (χ1n) is 6.66. The fourth-order valence-corrected chi connectivity index (χ4v) is 1.76. The number of carbonyl (C=O) groups excluding carboxylic acids is 1. The average Bonchev–Trinajstić information content (AvgIpc) is 2.36. The van der Waals surface area contributed by atoms with Gasteiger partial charge >= 0.3 is 5.97 Å². The van der Waals surface area contributed by atoms with E-state index in [0.717, 1.165) is 11.1 Å². The predicted molar refractivity (Wildman–Crippen MR) is 79.2 cm³/mol. The Hall–Kier alpha value is -2.10. The third-order valence-electron chi connectivity index (χ3n) is 2.83. The fourth-order valence-electron chi connectivity index (χ4n) is 1.76. The maximum Gasteiger partial charge on any atom is 0.326 e.